The van der Waals surface area contributed by atoms with Gasteiger partial charge in [-0.3, -0.25) is 9.89 Å². The third-order valence-electron chi connectivity index (χ3n) is 5.15. The molecule has 0 radical (unpaired) electrons. The van der Waals surface area contributed by atoms with Crippen LogP contribution >= 0.6 is 24.0 Å². The fourth-order valence-corrected chi connectivity index (χ4v) is 3.25. The molecule has 5 nitrogen and oxygen atoms in total. The molecule has 0 aromatic heterocycles. The molecule has 2 rings (SSSR count). The van der Waals surface area contributed by atoms with E-state index in [1.165, 1.54) is 43.7 Å². The number of guanidine groups is 1. The largest absolute Gasteiger partial charge is 0.369 e. The molecule has 1 aromatic rings. The lowest BCUT2D eigenvalue weighted by Gasteiger charge is -2.36. The number of rotatable bonds is 8. The van der Waals surface area contributed by atoms with Gasteiger partial charge in [0.15, 0.2) is 5.96 Å². The highest BCUT2D eigenvalue weighted by Gasteiger charge is 2.16. The average Bonchev–Trinajstić information content (AvgIpc) is 2.67. The summed E-state index contributed by atoms with van der Waals surface area (Å²) in [4.78, 5) is 9.39. The molecule has 0 saturated carbocycles. The van der Waals surface area contributed by atoms with Gasteiger partial charge in [0.25, 0.3) is 0 Å². The van der Waals surface area contributed by atoms with E-state index in [-0.39, 0.29) is 24.0 Å². The first-order valence-corrected chi connectivity index (χ1v) is 10.1. The van der Waals surface area contributed by atoms with E-state index < -0.39 is 0 Å². The summed E-state index contributed by atoms with van der Waals surface area (Å²) in [6, 6.07) is 9.32. The Morgan fingerprint density at radius 1 is 1.19 bits per heavy atom. The van der Waals surface area contributed by atoms with Crippen LogP contribution in [0.25, 0.3) is 0 Å². The number of benzene rings is 1. The van der Waals surface area contributed by atoms with Crippen molar-refractivity contribution >= 4 is 35.6 Å². The number of halogens is 1. The van der Waals surface area contributed by atoms with Crippen LogP contribution in [0.2, 0.25) is 0 Å². The van der Waals surface area contributed by atoms with Crippen molar-refractivity contribution in [1.29, 1.82) is 0 Å². The van der Waals surface area contributed by atoms with Gasteiger partial charge in [0, 0.05) is 51.5 Å². The van der Waals surface area contributed by atoms with Gasteiger partial charge < -0.3 is 15.5 Å². The van der Waals surface area contributed by atoms with Crippen LogP contribution in [-0.4, -0.2) is 63.2 Å². The smallest absolute Gasteiger partial charge is 0.191 e. The number of hydrogen-bond acceptors (Lipinski definition) is 3. The standard InChI is InChI=1S/C21H37N5.HI/c1-5-19(3)24-21(22-4)23-11-6-7-12-25-13-15-26(16-14-25)20-10-8-9-18(2)17-20;/h8-10,17,19H,5-7,11-16H2,1-4H3,(H2,22,23,24);1H. The van der Waals surface area contributed by atoms with Gasteiger partial charge in [-0.2, -0.15) is 0 Å². The van der Waals surface area contributed by atoms with Gasteiger partial charge in [0.05, 0.1) is 0 Å². The topological polar surface area (TPSA) is 42.9 Å². The molecular formula is C21H38IN5. The summed E-state index contributed by atoms with van der Waals surface area (Å²) in [5, 5.41) is 6.82. The highest BCUT2D eigenvalue weighted by atomic mass is 127. The lowest BCUT2D eigenvalue weighted by atomic mass is 10.2. The van der Waals surface area contributed by atoms with Crippen LogP contribution < -0.4 is 15.5 Å². The Balaban J connectivity index is 0.00000364. The Kier molecular flexibility index (Phi) is 11.7. The number of unbranched alkanes of at least 4 members (excludes halogenated alkanes) is 1. The summed E-state index contributed by atoms with van der Waals surface area (Å²) in [6.45, 7) is 13.3. The number of aryl methyl sites for hydroxylation is 1. The van der Waals surface area contributed by atoms with Crippen molar-refractivity contribution in [2.24, 2.45) is 4.99 Å². The lowest BCUT2D eigenvalue weighted by molar-refractivity contribution is 0.253. The highest BCUT2D eigenvalue weighted by Crippen LogP contribution is 2.17. The SMILES string of the molecule is CCC(C)NC(=NC)NCCCCN1CCN(c2cccc(C)c2)CC1.I. The van der Waals surface area contributed by atoms with Crippen molar-refractivity contribution in [2.75, 3.05) is 51.2 Å². The Morgan fingerprint density at radius 2 is 1.93 bits per heavy atom. The van der Waals surface area contributed by atoms with Crippen molar-refractivity contribution in [3.63, 3.8) is 0 Å². The maximum absolute atomic E-state index is 4.29. The summed E-state index contributed by atoms with van der Waals surface area (Å²) in [6.07, 6.45) is 3.52. The first-order valence-electron chi connectivity index (χ1n) is 10.1. The van der Waals surface area contributed by atoms with Gasteiger partial charge in [-0.1, -0.05) is 19.1 Å². The van der Waals surface area contributed by atoms with Crippen molar-refractivity contribution in [1.82, 2.24) is 15.5 Å². The monoisotopic (exact) mass is 487 g/mol. The number of piperazine rings is 1. The second kappa shape index (κ2) is 13.2. The van der Waals surface area contributed by atoms with Crippen LogP contribution in [0.5, 0.6) is 0 Å². The molecule has 0 amide bonds. The molecular weight excluding hydrogens is 449 g/mol. The van der Waals surface area contributed by atoms with Crippen LogP contribution in [-0.2, 0) is 0 Å². The van der Waals surface area contributed by atoms with Crippen LogP contribution in [0, 0.1) is 6.92 Å². The van der Waals surface area contributed by atoms with Gasteiger partial charge in [0.2, 0.25) is 0 Å². The number of nitrogens with one attached hydrogen (secondary N) is 2. The molecule has 1 atom stereocenters. The Hall–Kier alpha value is -1.02. The zero-order valence-corrected chi connectivity index (χ0v) is 19.8. The van der Waals surface area contributed by atoms with Gasteiger partial charge in [0.1, 0.15) is 0 Å². The maximum atomic E-state index is 4.29. The summed E-state index contributed by atoms with van der Waals surface area (Å²) in [7, 11) is 1.84. The third-order valence-corrected chi connectivity index (χ3v) is 5.15. The molecule has 0 aliphatic carbocycles. The molecule has 154 valence electrons. The van der Waals surface area contributed by atoms with E-state index in [1.54, 1.807) is 0 Å². The third kappa shape index (κ3) is 8.68. The van der Waals surface area contributed by atoms with Crippen LogP contribution in [0.4, 0.5) is 5.69 Å². The lowest BCUT2D eigenvalue weighted by Crippen LogP contribution is -2.46. The average molecular weight is 487 g/mol. The van der Waals surface area contributed by atoms with Gasteiger partial charge >= 0.3 is 0 Å². The van der Waals surface area contributed by atoms with Crippen LogP contribution in [0.1, 0.15) is 38.7 Å². The molecule has 27 heavy (non-hydrogen) atoms. The van der Waals surface area contributed by atoms with Crippen molar-refractivity contribution in [3.05, 3.63) is 29.8 Å². The zero-order chi connectivity index (χ0) is 18.8. The molecule has 0 spiro atoms. The predicted octanol–water partition coefficient (Wildman–Crippen LogP) is 3.48. The van der Waals surface area contributed by atoms with Crippen molar-refractivity contribution in [2.45, 2.75) is 46.1 Å². The fourth-order valence-electron chi connectivity index (χ4n) is 3.25. The van der Waals surface area contributed by atoms with E-state index in [0.29, 0.717) is 6.04 Å². The minimum absolute atomic E-state index is 0. The van der Waals surface area contributed by atoms with Gasteiger partial charge in [-0.15, -0.1) is 24.0 Å². The molecule has 1 unspecified atom stereocenters. The molecule has 0 bridgehead atoms. The molecule has 1 aliphatic heterocycles. The second-order valence-electron chi connectivity index (χ2n) is 7.33. The summed E-state index contributed by atoms with van der Waals surface area (Å²) in [5.74, 6) is 0.922. The Morgan fingerprint density at radius 3 is 2.56 bits per heavy atom. The van der Waals surface area contributed by atoms with Crippen LogP contribution in [0.15, 0.2) is 29.3 Å². The minimum Gasteiger partial charge on any atom is -0.369 e. The summed E-state index contributed by atoms with van der Waals surface area (Å²) < 4.78 is 0. The van der Waals surface area contributed by atoms with E-state index in [4.69, 9.17) is 0 Å². The van der Waals surface area contributed by atoms with Crippen LogP contribution in [0.3, 0.4) is 0 Å². The Labute approximate surface area is 183 Å². The molecule has 6 heteroatoms. The highest BCUT2D eigenvalue weighted by molar-refractivity contribution is 14.0. The normalized spacial score (nSPS) is 16.6. The zero-order valence-electron chi connectivity index (χ0n) is 17.5. The molecule has 1 heterocycles. The molecule has 1 aromatic carbocycles. The molecule has 2 N–H and O–H groups in total. The van der Waals surface area contributed by atoms with E-state index in [2.05, 4.69) is 70.5 Å². The van der Waals surface area contributed by atoms with E-state index >= 15 is 0 Å². The van der Waals surface area contributed by atoms with Gasteiger partial charge in [-0.05, 0) is 57.4 Å². The second-order valence-corrected chi connectivity index (χ2v) is 7.33. The predicted molar refractivity (Wildman–Crippen MR) is 129 cm³/mol. The van der Waals surface area contributed by atoms with Crippen molar-refractivity contribution < 1.29 is 0 Å². The first kappa shape index (κ1) is 24.0. The quantitative estimate of drug-likeness (QED) is 0.255. The molecule has 1 fully saturated rings. The van der Waals surface area contributed by atoms with Gasteiger partial charge in [-0.25, -0.2) is 0 Å². The molecule has 1 saturated heterocycles. The van der Waals surface area contributed by atoms with E-state index in [0.717, 1.165) is 32.0 Å². The fraction of sp³-hybridized carbons (Fsp3) is 0.667. The number of hydrogen-bond donors (Lipinski definition) is 2. The summed E-state index contributed by atoms with van der Waals surface area (Å²) in [5.41, 5.74) is 2.71. The Bertz CT molecular complexity index is 555. The minimum atomic E-state index is 0. The number of anilines is 1. The molecule has 1 aliphatic rings. The number of aliphatic imine (C=N–C) groups is 1. The maximum Gasteiger partial charge on any atom is 0.191 e. The van der Waals surface area contributed by atoms with E-state index in [1.807, 2.05) is 7.05 Å². The van der Waals surface area contributed by atoms with Crippen molar-refractivity contribution in [3.8, 4) is 0 Å². The number of nitrogens with zero attached hydrogens (tertiary/aromatic N) is 3. The first-order chi connectivity index (χ1) is 12.6. The van der Waals surface area contributed by atoms with E-state index in [9.17, 15) is 0 Å². The summed E-state index contributed by atoms with van der Waals surface area (Å²) >= 11 is 0.